The molecule has 1 saturated heterocycles. The van der Waals surface area contributed by atoms with Crippen LogP contribution in [0, 0.1) is 5.82 Å². The Balaban J connectivity index is 1.47. The normalized spacial score (nSPS) is 16.1. The quantitative estimate of drug-likeness (QED) is 0.770. The van der Waals surface area contributed by atoms with Gasteiger partial charge in [0.25, 0.3) is 5.91 Å². The summed E-state index contributed by atoms with van der Waals surface area (Å²) < 4.78 is 39.6. The maximum atomic E-state index is 13.0. The highest BCUT2D eigenvalue weighted by Gasteiger charge is 2.28. The number of carbonyl (C=O) groups excluding carboxylic acids is 1. The van der Waals surface area contributed by atoms with E-state index in [1.54, 1.807) is 24.3 Å². The van der Waals surface area contributed by atoms with Crippen LogP contribution < -0.4 is 5.32 Å². The molecule has 28 heavy (non-hydrogen) atoms. The molecule has 9 heteroatoms. The van der Waals surface area contributed by atoms with E-state index in [1.807, 2.05) is 0 Å². The summed E-state index contributed by atoms with van der Waals surface area (Å²) in [5, 5.41) is 3.23. The highest BCUT2D eigenvalue weighted by atomic mass is 35.5. The Morgan fingerprint density at radius 1 is 1.04 bits per heavy atom. The molecule has 1 aliphatic heterocycles. The number of carbonyl (C=O) groups is 1. The van der Waals surface area contributed by atoms with Crippen molar-refractivity contribution in [3.63, 3.8) is 0 Å². The lowest BCUT2D eigenvalue weighted by atomic mass is 10.2. The first-order valence-electron chi connectivity index (χ1n) is 8.89. The highest BCUT2D eigenvalue weighted by Crippen LogP contribution is 2.18. The van der Waals surface area contributed by atoms with Gasteiger partial charge in [-0.25, -0.2) is 12.8 Å². The second-order valence-electron chi connectivity index (χ2n) is 6.44. The molecule has 0 bridgehead atoms. The Labute approximate surface area is 168 Å². The Hall–Kier alpha value is -2.00. The van der Waals surface area contributed by atoms with Crippen LogP contribution in [-0.2, 0) is 10.0 Å². The van der Waals surface area contributed by atoms with Crippen molar-refractivity contribution in [2.75, 3.05) is 39.3 Å². The summed E-state index contributed by atoms with van der Waals surface area (Å²) in [6.45, 7) is 2.86. The molecule has 0 saturated carbocycles. The molecule has 0 atom stereocenters. The number of nitrogens with zero attached hydrogens (tertiary/aromatic N) is 2. The van der Waals surface area contributed by atoms with E-state index < -0.39 is 15.8 Å². The number of piperazine rings is 1. The monoisotopic (exact) mass is 425 g/mol. The Morgan fingerprint density at radius 2 is 1.68 bits per heavy atom. The number of hydrogen-bond acceptors (Lipinski definition) is 4. The van der Waals surface area contributed by atoms with E-state index in [1.165, 1.54) is 16.4 Å². The van der Waals surface area contributed by atoms with E-state index in [-0.39, 0.29) is 10.8 Å². The van der Waals surface area contributed by atoms with Crippen LogP contribution in [0.4, 0.5) is 4.39 Å². The van der Waals surface area contributed by atoms with Gasteiger partial charge < -0.3 is 5.32 Å². The van der Waals surface area contributed by atoms with Crippen LogP contribution >= 0.6 is 11.6 Å². The van der Waals surface area contributed by atoms with Gasteiger partial charge in [-0.05, 0) is 36.4 Å². The van der Waals surface area contributed by atoms with Crippen molar-refractivity contribution < 1.29 is 17.6 Å². The number of nitrogens with one attached hydrogen (secondary N) is 1. The zero-order valence-electron chi connectivity index (χ0n) is 15.1. The number of halogens is 2. The first kappa shape index (κ1) is 20.7. The van der Waals surface area contributed by atoms with Crippen molar-refractivity contribution in [3.8, 4) is 0 Å². The van der Waals surface area contributed by atoms with Crippen LogP contribution in [0.15, 0.2) is 53.4 Å². The summed E-state index contributed by atoms with van der Waals surface area (Å²) in [7, 11) is -3.62. The van der Waals surface area contributed by atoms with Gasteiger partial charge in [-0.3, -0.25) is 9.69 Å². The van der Waals surface area contributed by atoms with E-state index in [0.29, 0.717) is 49.9 Å². The second kappa shape index (κ2) is 9.00. The smallest absolute Gasteiger partial charge is 0.252 e. The molecule has 1 aliphatic rings. The third kappa shape index (κ3) is 4.88. The summed E-state index contributed by atoms with van der Waals surface area (Å²) in [6, 6.07) is 11.7. The number of sulfonamides is 1. The minimum absolute atomic E-state index is 0.0920. The zero-order valence-corrected chi connectivity index (χ0v) is 16.7. The van der Waals surface area contributed by atoms with Crippen molar-refractivity contribution in [2.45, 2.75) is 4.90 Å². The number of rotatable bonds is 6. The summed E-state index contributed by atoms with van der Waals surface area (Å²) >= 11 is 6.01. The molecule has 0 aromatic heterocycles. The average molecular weight is 426 g/mol. The predicted molar refractivity (Wildman–Crippen MR) is 105 cm³/mol. The maximum absolute atomic E-state index is 13.0. The molecule has 3 rings (SSSR count). The zero-order chi connectivity index (χ0) is 20.1. The average Bonchev–Trinajstić information content (AvgIpc) is 2.69. The van der Waals surface area contributed by atoms with Gasteiger partial charge in [-0.2, -0.15) is 4.31 Å². The fourth-order valence-electron chi connectivity index (χ4n) is 3.02. The molecular weight excluding hydrogens is 405 g/mol. The topological polar surface area (TPSA) is 69.7 Å². The third-order valence-corrected chi connectivity index (χ3v) is 6.86. The molecule has 2 aromatic carbocycles. The van der Waals surface area contributed by atoms with E-state index in [9.17, 15) is 17.6 Å². The highest BCUT2D eigenvalue weighted by molar-refractivity contribution is 7.89. The summed E-state index contributed by atoms with van der Waals surface area (Å²) in [5.41, 5.74) is 0.430. The number of amides is 1. The molecule has 6 nitrogen and oxygen atoms in total. The molecule has 0 radical (unpaired) electrons. The lowest BCUT2D eigenvalue weighted by Gasteiger charge is -2.33. The van der Waals surface area contributed by atoms with Crippen molar-refractivity contribution in [1.82, 2.24) is 14.5 Å². The maximum Gasteiger partial charge on any atom is 0.252 e. The first-order valence-corrected chi connectivity index (χ1v) is 10.7. The van der Waals surface area contributed by atoms with Gasteiger partial charge in [0.05, 0.1) is 15.5 Å². The molecule has 0 unspecified atom stereocenters. The van der Waals surface area contributed by atoms with E-state index >= 15 is 0 Å². The fourth-order valence-corrected chi connectivity index (χ4v) is 4.66. The predicted octanol–water partition coefficient (Wildman–Crippen LogP) is 2.22. The van der Waals surface area contributed by atoms with Crippen LogP contribution in [-0.4, -0.2) is 62.8 Å². The minimum atomic E-state index is -3.62. The van der Waals surface area contributed by atoms with Crippen LogP contribution in [0.5, 0.6) is 0 Å². The molecule has 1 fully saturated rings. The minimum Gasteiger partial charge on any atom is -0.351 e. The van der Waals surface area contributed by atoms with Crippen molar-refractivity contribution in [1.29, 1.82) is 0 Å². The van der Waals surface area contributed by atoms with Gasteiger partial charge >= 0.3 is 0 Å². The molecule has 0 aliphatic carbocycles. The van der Waals surface area contributed by atoms with Crippen molar-refractivity contribution >= 4 is 27.5 Å². The summed E-state index contributed by atoms with van der Waals surface area (Å²) in [4.78, 5) is 14.3. The van der Waals surface area contributed by atoms with Gasteiger partial charge in [0.15, 0.2) is 0 Å². The van der Waals surface area contributed by atoms with Crippen LogP contribution in [0.25, 0.3) is 0 Å². The third-order valence-electron chi connectivity index (χ3n) is 4.61. The van der Waals surface area contributed by atoms with E-state index in [4.69, 9.17) is 11.6 Å². The number of hydrogen-bond donors (Lipinski definition) is 1. The van der Waals surface area contributed by atoms with Crippen LogP contribution in [0.1, 0.15) is 10.4 Å². The lowest BCUT2D eigenvalue weighted by Crippen LogP contribution is -2.50. The fraction of sp³-hybridized carbons (Fsp3) is 0.316. The van der Waals surface area contributed by atoms with E-state index in [0.717, 1.165) is 12.1 Å². The molecule has 150 valence electrons. The molecule has 1 heterocycles. The van der Waals surface area contributed by atoms with Gasteiger partial charge in [0.1, 0.15) is 5.82 Å². The van der Waals surface area contributed by atoms with Crippen molar-refractivity contribution in [3.05, 3.63) is 64.9 Å². The van der Waals surface area contributed by atoms with Gasteiger partial charge in [0.2, 0.25) is 10.0 Å². The summed E-state index contributed by atoms with van der Waals surface area (Å²) in [5.74, 6) is -0.703. The molecule has 1 N–H and O–H groups in total. The molecule has 1 amide bonds. The van der Waals surface area contributed by atoms with Crippen molar-refractivity contribution in [2.24, 2.45) is 0 Å². The molecular formula is C19H21ClFN3O3S. The van der Waals surface area contributed by atoms with E-state index in [2.05, 4.69) is 10.2 Å². The first-order chi connectivity index (χ1) is 13.4. The second-order valence-corrected chi connectivity index (χ2v) is 8.78. The number of benzene rings is 2. The Kier molecular flexibility index (Phi) is 6.66. The largest absolute Gasteiger partial charge is 0.351 e. The standard InChI is InChI=1S/C19H21ClFN3O3S/c20-18-4-2-1-3-17(18)19(25)22-9-10-23-11-13-24(14-12-23)28(26,27)16-7-5-15(21)6-8-16/h1-8H,9-14H2,(H,22,25). The van der Waals surface area contributed by atoms with Crippen LogP contribution in [0.3, 0.4) is 0 Å². The molecule has 0 spiro atoms. The molecule has 2 aromatic rings. The Morgan fingerprint density at radius 3 is 2.32 bits per heavy atom. The van der Waals surface area contributed by atoms with Gasteiger partial charge in [-0.1, -0.05) is 23.7 Å². The van der Waals surface area contributed by atoms with Gasteiger partial charge in [-0.15, -0.1) is 0 Å². The van der Waals surface area contributed by atoms with Gasteiger partial charge in [0, 0.05) is 39.3 Å². The summed E-state index contributed by atoms with van der Waals surface area (Å²) in [6.07, 6.45) is 0. The van der Waals surface area contributed by atoms with Crippen LogP contribution in [0.2, 0.25) is 5.02 Å². The Bertz CT molecular complexity index is 930. The SMILES string of the molecule is O=C(NCCN1CCN(S(=O)(=O)c2ccc(F)cc2)CC1)c1ccccc1Cl. The lowest BCUT2D eigenvalue weighted by molar-refractivity contribution is 0.0945.